The number of aliphatic hydroxyl groups excluding tert-OH is 1. The van der Waals surface area contributed by atoms with E-state index in [1.807, 2.05) is 6.07 Å². The van der Waals surface area contributed by atoms with Crippen molar-refractivity contribution in [3.63, 3.8) is 0 Å². The predicted octanol–water partition coefficient (Wildman–Crippen LogP) is 2.35. The van der Waals surface area contributed by atoms with Crippen molar-refractivity contribution in [2.75, 3.05) is 17.6 Å². The summed E-state index contributed by atoms with van der Waals surface area (Å²) in [6, 6.07) is 7.12. The molecule has 0 fully saturated rings. The van der Waals surface area contributed by atoms with Gasteiger partial charge in [0.25, 0.3) is 0 Å². The fourth-order valence-corrected chi connectivity index (χ4v) is 1.80. The fraction of sp³-hybridized carbons (Fsp3) is 0.500. The lowest BCUT2D eigenvalue weighted by molar-refractivity contribution is 0.132. The summed E-state index contributed by atoms with van der Waals surface area (Å²) in [4.78, 5) is 0. The van der Waals surface area contributed by atoms with E-state index in [9.17, 15) is 5.11 Å². The molecule has 4 N–H and O–H groups in total. The second kappa shape index (κ2) is 5.74. The molecule has 0 spiro atoms. The molecule has 1 aromatic rings. The van der Waals surface area contributed by atoms with E-state index in [-0.39, 0.29) is 5.41 Å². The maximum atomic E-state index is 9.88. The van der Waals surface area contributed by atoms with Gasteiger partial charge in [0.2, 0.25) is 0 Å². The Hall–Kier alpha value is -1.73. The quantitative estimate of drug-likeness (QED) is 0.713. The van der Waals surface area contributed by atoms with Crippen molar-refractivity contribution >= 4 is 11.4 Å². The SMILES string of the molecule is CC(C)(C)CC(O)CNc1ccc(C#N)cc1N. The van der Waals surface area contributed by atoms with Crippen LogP contribution in [0.1, 0.15) is 32.8 Å². The van der Waals surface area contributed by atoms with Crippen LogP contribution in [0.2, 0.25) is 0 Å². The van der Waals surface area contributed by atoms with Crippen LogP contribution in [0.5, 0.6) is 0 Å². The molecule has 1 unspecified atom stereocenters. The summed E-state index contributed by atoms with van der Waals surface area (Å²) in [6.07, 6.45) is 0.302. The molecule has 0 amide bonds. The number of benzene rings is 1. The van der Waals surface area contributed by atoms with Crippen LogP contribution in [0.25, 0.3) is 0 Å². The molecule has 0 aromatic heterocycles. The minimum atomic E-state index is -0.417. The van der Waals surface area contributed by atoms with Gasteiger partial charge in [-0.2, -0.15) is 5.26 Å². The van der Waals surface area contributed by atoms with Gasteiger partial charge in [-0.25, -0.2) is 0 Å². The Morgan fingerprint density at radius 1 is 1.44 bits per heavy atom. The minimum absolute atomic E-state index is 0.0946. The first-order valence-corrected chi connectivity index (χ1v) is 6.03. The van der Waals surface area contributed by atoms with Crippen molar-refractivity contribution in [1.29, 1.82) is 5.26 Å². The molecule has 0 saturated carbocycles. The molecule has 1 aromatic carbocycles. The van der Waals surface area contributed by atoms with Crippen LogP contribution >= 0.6 is 0 Å². The molecule has 1 atom stereocenters. The normalized spacial score (nSPS) is 12.8. The molecular formula is C14H21N3O. The molecule has 4 heteroatoms. The third kappa shape index (κ3) is 4.64. The number of nitrogens with one attached hydrogen (secondary N) is 1. The average molecular weight is 247 g/mol. The highest BCUT2D eigenvalue weighted by Gasteiger charge is 2.16. The smallest absolute Gasteiger partial charge is 0.0992 e. The average Bonchev–Trinajstić information content (AvgIpc) is 2.25. The van der Waals surface area contributed by atoms with Gasteiger partial charge in [0.05, 0.1) is 29.1 Å². The van der Waals surface area contributed by atoms with Crippen LogP contribution in [0, 0.1) is 16.7 Å². The van der Waals surface area contributed by atoms with Crippen LogP contribution in [0.3, 0.4) is 0 Å². The number of anilines is 2. The number of aliphatic hydroxyl groups is 1. The molecule has 1 rings (SSSR count). The Bertz CT molecular complexity index is 443. The number of nitrogens with two attached hydrogens (primary N) is 1. The van der Waals surface area contributed by atoms with Crippen LogP contribution in [-0.4, -0.2) is 17.8 Å². The van der Waals surface area contributed by atoms with E-state index >= 15 is 0 Å². The van der Waals surface area contributed by atoms with E-state index in [0.29, 0.717) is 17.8 Å². The predicted molar refractivity (Wildman–Crippen MR) is 74.1 cm³/mol. The molecule has 0 heterocycles. The van der Waals surface area contributed by atoms with E-state index in [2.05, 4.69) is 26.1 Å². The standard InChI is InChI=1S/C14H21N3O/c1-14(2,3)7-11(18)9-17-13-5-4-10(8-15)6-12(13)16/h4-6,11,17-18H,7,9,16H2,1-3H3. The molecule has 0 saturated heterocycles. The molecule has 98 valence electrons. The van der Waals surface area contributed by atoms with Gasteiger partial charge < -0.3 is 16.2 Å². The Kier molecular flexibility index (Phi) is 4.57. The summed E-state index contributed by atoms with van der Waals surface area (Å²) in [5.41, 5.74) is 7.72. The second-order valence-electron chi connectivity index (χ2n) is 5.71. The molecule has 4 nitrogen and oxygen atoms in total. The Labute approximate surface area is 108 Å². The van der Waals surface area contributed by atoms with Crippen molar-refractivity contribution in [3.8, 4) is 6.07 Å². The Morgan fingerprint density at radius 3 is 2.61 bits per heavy atom. The second-order valence-corrected chi connectivity index (χ2v) is 5.71. The van der Waals surface area contributed by atoms with Crippen molar-refractivity contribution in [1.82, 2.24) is 0 Å². The van der Waals surface area contributed by atoms with Gasteiger partial charge in [-0.1, -0.05) is 20.8 Å². The highest BCUT2D eigenvalue weighted by Crippen LogP contribution is 2.22. The number of hydrogen-bond donors (Lipinski definition) is 3. The first kappa shape index (κ1) is 14.3. The maximum absolute atomic E-state index is 9.88. The third-order valence-electron chi connectivity index (χ3n) is 2.56. The topological polar surface area (TPSA) is 82.1 Å². The van der Waals surface area contributed by atoms with Gasteiger partial charge in [0.15, 0.2) is 0 Å². The summed E-state index contributed by atoms with van der Waals surface area (Å²) in [5.74, 6) is 0. The zero-order valence-electron chi connectivity index (χ0n) is 11.2. The molecule has 0 aliphatic carbocycles. The molecule has 0 radical (unpaired) electrons. The van der Waals surface area contributed by atoms with Crippen LogP contribution in [0.4, 0.5) is 11.4 Å². The highest BCUT2D eigenvalue weighted by atomic mass is 16.3. The number of rotatable bonds is 4. The summed E-state index contributed by atoms with van der Waals surface area (Å²) in [6.45, 7) is 6.72. The number of nitrogen functional groups attached to an aromatic ring is 1. The lowest BCUT2D eigenvalue weighted by Gasteiger charge is -2.23. The molecular weight excluding hydrogens is 226 g/mol. The van der Waals surface area contributed by atoms with Gasteiger partial charge in [-0.05, 0) is 30.0 Å². The van der Waals surface area contributed by atoms with E-state index in [1.165, 1.54) is 0 Å². The van der Waals surface area contributed by atoms with Gasteiger partial charge >= 0.3 is 0 Å². The molecule has 0 aliphatic rings. The van der Waals surface area contributed by atoms with Crippen LogP contribution < -0.4 is 11.1 Å². The summed E-state index contributed by atoms with van der Waals surface area (Å²) in [5, 5.41) is 21.7. The largest absolute Gasteiger partial charge is 0.397 e. The third-order valence-corrected chi connectivity index (χ3v) is 2.56. The number of nitriles is 1. The zero-order valence-corrected chi connectivity index (χ0v) is 11.2. The first-order chi connectivity index (χ1) is 8.31. The van der Waals surface area contributed by atoms with Gasteiger partial charge in [-0.15, -0.1) is 0 Å². The number of hydrogen-bond acceptors (Lipinski definition) is 4. The van der Waals surface area contributed by atoms with E-state index in [4.69, 9.17) is 11.0 Å². The van der Waals surface area contributed by atoms with Gasteiger partial charge in [0, 0.05) is 6.54 Å². The maximum Gasteiger partial charge on any atom is 0.0992 e. The first-order valence-electron chi connectivity index (χ1n) is 6.03. The van der Waals surface area contributed by atoms with Crippen LogP contribution in [-0.2, 0) is 0 Å². The van der Waals surface area contributed by atoms with E-state index in [0.717, 1.165) is 12.1 Å². The van der Waals surface area contributed by atoms with Crippen LogP contribution in [0.15, 0.2) is 18.2 Å². The lowest BCUT2D eigenvalue weighted by Crippen LogP contribution is -2.25. The Morgan fingerprint density at radius 2 is 2.11 bits per heavy atom. The Balaban J connectivity index is 2.57. The summed E-state index contributed by atoms with van der Waals surface area (Å²) < 4.78 is 0. The fourth-order valence-electron chi connectivity index (χ4n) is 1.80. The number of nitrogens with zero attached hydrogens (tertiary/aromatic N) is 1. The summed E-state index contributed by atoms with van der Waals surface area (Å²) in [7, 11) is 0. The van der Waals surface area contributed by atoms with E-state index in [1.54, 1.807) is 18.2 Å². The summed E-state index contributed by atoms with van der Waals surface area (Å²) >= 11 is 0. The molecule has 0 aliphatic heterocycles. The van der Waals surface area contributed by atoms with Gasteiger partial charge in [0.1, 0.15) is 0 Å². The monoisotopic (exact) mass is 247 g/mol. The van der Waals surface area contributed by atoms with E-state index < -0.39 is 6.10 Å². The van der Waals surface area contributed by atoms with Gasteiger partial charge in [-0.3, -0.25) is 0 Å². The highest BCUT2D eigenvalue weighted by molar-refractivity contribution is 5.68. The van der Waals surface area contributed by atoms with Crippen molar-refractivity contribution in [3.05, 3.63) is 23.8 Å². The van der Waals surface area contributed by atoms with Crippen molar-refractivity contribution < 1.29 is 5.11 Å². The minimum Gasteiger partial charge on any atom is -0.397 e. The van der Waals surface area contributed by atoms with Crippen molar-refractivity contribution in [2.24, 2.45) is 5.41 Å². The molecule has 0 bridgehead atoms. The molecule has 18 heavy (non-hydrogen) atoms. The van der Waals surface area contributed by atoms with Crippen molar-refractivity contribution in [2.45, 2.75) is 33.3 Å². The lowest BCUT2D eigenvalue weighted by atomic mass is 9.89. The zero-order chi connectivity index (χ0) is 13.8.